The van der Waals surface area contributed by atoms with Crippen LogP contribution in [0.4, 0.5) is 5.69 Å². The fraction of sp³-hybridized carbons (Fsp3) is 0.300. The van der Waals surface area contributed by atoms with Crippen LogP contribution in [0.15, 0.2) is 48.5 Å². The van der Waals surface area contributed by atoms with Gasteiger partial charge in [-0.25, -0.2) is 0 Å². The SMILES string of the molecule is Cc1cccc(NC(=O)C2CCN(C(=O)c3cccc(Cl)c3)CC2)c1. The number of hydrogen-bond donors (Lipinski definition) is 1. The highest BCUT2D eigenvalue weighted by Gasteiger charge is 2.27. The minimum Gasteiger partial charge on any atom is -0.339 e. The molecule has 0 aromatic heterocycles. The number of amides is 2. The van der Waals surface area contributed by atoms with Crippen molar-refractivity contribution in [1.29, 1.82) is 0 Å². The largest absolute Gasteiger partial charge is 0.339 e. The monoisotopic (exact) mass is 356 g/mol. The molecule has 0 bridgehead atoms. The molecule has 5 heteroatoms. The van der Waals surface area contributed by atoms with Gasteiger partial charge in [0.2, 0.25) is 5.91 Å². The number of rotatable bonds is 3. The number of nitrogens with zero attached hydrogens (tertiary/aromatic N) is 1. The average molecular weight is 357 g/mol. The number of piperidine rings is 1. The number of hydrogen-bond acceptors (Lipinski definition) is 2. The van der Waals surface area contributed by atoms with Gasteiger partial charge in [-0.2, -0.15) is 0 Å². The van der Waals surface area contributed by atoms with E-state index >= 15 is 0 Å². The highest BCUT2D eigenvalue weighted by Crippen LogP contribution is 2.22. The van der Waals surface area contributed by atoms with Gasteiger partial charge < -0.3 is 10.2 Å². The topological polar surface area (TPSA) is 49.4 Å². The normalized spacial score (nSPS) is 15.0. The highest BCUT2D eigenvalue weighted by molar-refractivity contribution is 6.30. The number of halogens is 1. The van der Waals surface area contributed by atoms with Gasteiger partial charge in [-0.05, 0) is 55.7 Å². The summed E-state index contributed by atoms with van der Waals surface area (Å²) < 4.78 is 0. The smallest absolute Gasteiger partial charge is 0.253 e. The van der Waals surface area contributed by atoms with Crippen LogP contribution < -0.4 is 5.32 Å². The lowest BCUT2D eigenvalue weighted by atomic mass is 9.95. The molecule has 0 aliphatic carbocycles. The third-order valence-corrected chi connectivity index (χ3v) is 4.75. The second kappa shape index (κ2) is 7.70. The Morgan fingerprint density at radius 3 is 2.48 bits per heavy atom. The van der Waals surface area contributed by atoms with Gasteiger partial charge in [0.05, 0.1) is 0 Å². The second-order valence-corrected chi connectivity index (χ2v) is 6.87. The predicted molar refractivity (Wildman–Crippen MR) is 99.9 cm³/mol. The number of likely N-dealkylation sites (tertiary alicyclic amines) is 1. The van der Waals surface area contributed by atoms with E-state index in [0.29, 0.717) is 36.5 Å². The molecular weight excluding hydrogens is 336 g/mol. The Morgan fingerprint density at radius 1 is 1.08 bits per heavy atom. The van der Waals surface area contributed by atoms with Gasteiger partial charge in [-0.15, -0.1) is 0 Å². The maximum absolute atomic E-state index is 12.5. The Bertz CT molecular complexity index is 783. The van der Waals surface area contributed by atoms with Crippen molar-refractivity contribution in [2.45, 2.75) is 19.8 Å². The number of nitrogens with one attached hydrogen (secondary N) is 1. The number of aryl methyl sites for hydroxylation is 1. The summed E-state index contributed by atoms with van der Waals surface area (Å²) in [6, 6.07) is 14.7. The van der Waals surface area contributed by atoms with Crippen molar-refractivity contribution in [3.8, 4) is 0 Å². The number of anilines is 1. The van der Waals surface area contributed by atoms with Crippen molar-refractivity contribution in [2.24, 2.45) is 5.92 Å². The predicted octanol–water partition coefficient (Wildman–Crippen LogP) is 4.14. The van der Waals surface area contributed by atoms with Crippen LogP contribution in [0.2, 0.25) is 5.02 Å². The molecule has 2 amide bonds. The minimum absolute atomic E-state index is 0.0277. The Kier molecular flexibility index (Phi) is 5.39. The van der Waals surface area contributed by atoms with Crippen LogP contribution in [0.3, 0.4) is 0 Å². The standard InChI is InChI=1S/C20H21ClN2O2/c1-14-4-2-7-18(12-14)22-19(24)15-8-10-23(11-9-15)20(25)16-5-3-6-17(21)13-16/h2-7,12-13,15H,8-11H2,1H3,(H,22,24). The Balaban J connectivity index is 1.56. The van der Waals surface area contributed by atoms with Crippen LogP contribution in [0.1, 0.15) is 28.8 Å². The van der Waals surface area contributed by atoms with Crippen LogP contribution >= 0.6 is 11.6 Å². The van der Waals surface area contributed by atoms with Crippen LogP contribution in [-0.2, 0) is 4.79 Å². The zero-order valence-electron chi connectivity index (χ0n) is 14.2. The molecule has 1 fully saturated rings. The second-order valence-electron chi connectivity index (χ2n) is 6.44. The highest BCUT2D eigenvalue weighted by atomic mass is 35.5. The molecular formula is C20H21ClN2O2. The summed E-state index contributed by atoms with van der Waals surface area (Å²) in [6.07, 6.45) is 1.34. The van der Waals surface area contributed by atoms with Crippen LogP contribution in [0, 0.1) is 12.8 Å². The van der Waals surface area contributed by atoms with E-state index in [0.717, 1.165) is 11.3 Å². The molecule has 1 heterocycles. The molecule has 0 atom stereocenters. The van der Waals surface area contributed by atoms with Gasteiger partial charge in [-0.3, -0.25) is 9.59 Å². The molecule has 4 nitrogen and oxygen atoms in total. The first-order valence-electron chi connectivity index (χ1n) is 8.45. The van der Waals surface area contributed by atoms with Crippen molar-refractivity contribution in [3.05, 3.63) is 64.7 Å². The molecule has 0 saturated carbocycles. The number of carbonyl (C=O) groups excluding carboxylic acids is 2. The Morgan fingerprint density at radius 2 is 1.80 bits per heavy atom. The quantitative estimate of drug-likeness (QED) is 0.898. The summed E-state index contributed by atoms with van der Waals surface area (Å²) >= 11 is 5.96. The fourth-order valence-corrected chi connectivity index (χ4v) is 3.31. The summed E-state index contributed by atoms with van der Waals surface area (Å²) in [7, 11) is 0. The van der Waals surface area contributed by atoms with Gasteiger partial charge in [0.1, 0.15) is 0 Å². The van der Waals surface area contributed by atoms with E-state index in [1.54, 1.807) is 29.2 Å². The molecule has 1 saturated heterocycles. The average Bonchev–Trinajstić information content (AvgIpc) is 2.61. The van der Waals surface area contributed by atoms with Gasteiger partial charge in [0.15, 0.2) is 0 Å². The fourth-order valence-electron chi connectivity index (χ4n) is 3.12. The summed E-state index contributed by atoms with van der Waals surface area (Å²) in [5, 5.41) is 3.53. The molecule has 1 N–H and O–H groups in total. The lowest BCUT2D eigenvalue weighted by molar-refractivity contribution is -0.121. The lowest BCUT2D eigenvalue weighted by Crippen LogP contribution is -2.41. The first-order valence-corrected chi connectivity index (χ1v) is 8.83. The molecule has 0 unspecified atom stereocenters. The van der Waals surface area contributed by atoms with E-state index in [-0.39, 0.29) is 17.7 Å². The molecule has 1 aliphatic heterocycles. The van der Waals surface area contributed by atoms with E-state index in [9.17, 15) is 9.59 Å². The molecule has 0 radical (unpaired) electrons. The van der Waals surface area contributed by atoms with E-state index in [1.165, 1.54) is 0 Å². The molecule has 1 aliphatic rings. The first kappa shape index (κ1) is 17.5. The molecule has 2 aromatic rings. The third-order valence-electron chi connectivity index (χ3n) is 4.51. The van der Waals surface area contributed by atoms with Crippen molar-refractivity contribution >= 4 is 29.1 Å². The van der Waals surface area contributed by atoms with Gasteiger partial charge in [-0.1, -0.05) is 29.8 Å². The maximum atomic E-state index is 12.5. The van der Waals surface area contributed by atoms with E-state index in [2.05, 4.69) is 5.32 Å². The van der Waals surface area contributed by atoms with Gasteiger partial charge >= 0.3 is 0 Å². The number of carbonyl (C=O) groups is 2. The van der Waals surface area contributed by atoms with Crippen LogP contribution in [0.5, 0.6) is 0 Å². The van der Waals surface area contributed by atoms with E-state index in [1.807, 2.05) is 31.2 Å². The molecule has 130 valence electrons. The zero-order chi connectivity index (χ0) is 17.8. The summed E-state index contributed by atoms with van der Waals surface area (Å²) in [5.74, 6) is -0.0654. The lowest BCUT2D eigenvalue weighted by Gasteiger charge is -2.31. The molecule has 25 heavy (non-hydrogen) atoms. The summed E-state index contributed by atoms with van der Waals surface area (Å²) in [5.41, 5.74) is 2.53. The van der Waals surface area contributed by atoms with Crippen LogP contribution in [0.25, 0.3) is 0 Å². The molecule has 2 aromatic carbocycles. The van der Waals surface area contributed by atoms with Gasteiger partial charge in [0, 0.05) is 35.3 Å². The maximum Gasteiger partial charge on any atom is 0.253 e. The zero-order valence-corrected chi connectivity index (χ0v) is 14.9. The Labute approximate surface area is 152 Å². The molecule has 3 rings (SSSR count). The van der Waals surface area contributed by atoms with Gasteiger partial charge in [0.25, 0.3) is 5.91 Å². The number of benzene rings is 2. The van der Waals surface area contributed by atoms with E-state index < -0.39 is 0 Å². The summed E-state index contributed by atoms with van der Waals surface area (Å²) in [4.78, 5) is 26.8. The van der Waals surface area contributed by atoms with E-state index in [4.69, 9.17) is 11.6 Å². The molecule has 0 spiro atoms. The van der Waals surface area contributed by atoms with Crippen molar-refractivity contribution < 1.29 is 9.59 Å². The summed E-state index contributed by atoms with van der Waals surface area (Å²) in [6.45, 7) is 3.16. The first-order chi connectivity index (χ1) is 12.0. The third kappa shape index (κ3) is 4.40. The van der Waals surface area contributed by atoms with Crippen molar-refractivity contribution in [1.82, 2.24) is 4.90 Å². The van der Waals surface area contributed by atoms with Crippen molar-refractivity contribution in [3.63, 3.8) is 0 Å². The minimum atomic E-state index is -0.0658. The van der Waals surface area contributed by atoms with Crippen molar-refractivity contribution in [2.75, 3.05) is 18.4 Å². The Hall–Kier alpha value is -2.33. The van der Waals surface area contributed by atoms with Crippen LogP contribution in [-0.4, -0.2) is 29.8 Å².